The Morgan fingerprint density at radius 1 is 0.822 bits per heavy atom. The van der Waals surface area contributed by atoms with Crippen LogP contribution in [-0.4, -0.2) is 46.7 Å². The molecule has 234 valence electrons. The Kier molecular flexibility index (Phi) is 10.9. The molecule has 4 rings (SSSR count). The lowest BCUT2D eigenvalue weighted by Crippen LogP contribution is -2.33. The maximum absolute atomic E-state index is 13.2. The fraction of sp³-hybridized carbons (Fsp3) is 0.286. The van der Waals surface area contributed by atoms with E-state index in [2.05, 4.69) is 15.3 Å². The minimum atomic E-state index is -0.670. The van der Waals surface area contributed by atoms with E-state index < -0.39 is 23.6 Å². The maximum Gasteiger partial charge on any atom is 0.419 e. The van der Waals surface area contributed by atoms with Gasteiger partial charge in [-0.05, 0) is 70.0 Å². The largest absolute Gasteiger partial charge is 0.485 e. The molecule has 0 radical (unpaired) electrons. The van der Waals surface area contributed by atoms with Gasteiger partial charge in [0.2, 0.25) is 0 Å². The van der Waals surface area contributed by atoms with E-state index in [1.54, 1.807) is 13.8 Å². The van der Waals surface area contributed by atoms with Crippen molar-refractivity contribution in [2.75, 3.05) is 18.1 Å². The molecule has 3 aromatic carbocycles. The number of nitrogens with zero attached hydrogens (tertiary/aromatic N) is 3. The molecule has 0 fully saturated rings. The molecule has 10 heteroatoms. The molecule has 2 amide bonds. The monoisotopic (exact) mass is 610 g/mol. The maximum atomic E-state index is 13.2. The Morgan fingerprint density at radius 2 is 1.44 bits per heavy atom. The van der Waals surface area contributed by atoms with Crippen LogP contribution in [0.5, 0.6) is 5.75 Å². The summed E-state index contributed by atoms with van der Waals surface area (Å²) in [5, 5.41) is 2.57. The van der Waals surface area contributed by atoms with Gasteiger partial charge in [-0.2, -0.15) is 0 Å². The van der Waals surface area contributed by atoms with Crippen LogP contribution in [0.25, 0.3) is 0 Å². The van der Waals surface area contributed by atoms with Gasteiger partial charge in [-0.1, -0.05) is 60.7 Å². The van der Waals surface area contributed by atoms with Gasteiger partial charge in [0, 0.05) is 6.42 Å². The van der Waals surface area contributed by atoms with E-state index in [9.17, 15) is 14.4 Å². The third kappa shape index (κ3) is 9.37. The molecule has 0 spiro atoms. The molecule has 0 atom stereocenters. The first-order chi connectivity index (χ1) is 21.5. The number of hydrogen-bond acceptors (Lipinski definition) is 8. The van der Waals surface area contributed by atoms with Crippen LogP contribution >= 0.6 is 0 Å². The van der Waals surface area contributed by atoms with Crippen molar-refractivity contribution in [1.82, 2.24) is 15.3 Å². The molecule has 1 aromatic heterocycles. The quantitative estimate of drug-likeness (QED) is 0.196. The van der Waals surface area contributed by atoms with Crippen LogP contribution in [0, 0.1) is 6.92 Å². The summed E-state index contributed by atoms with van der Waals surface area (Å²) in [5.74, 6) is -0.514. The minimum Gasteiger partial charge on any atom is -0.485 e. The number of aromatic nitrogens is 2. The standard InChI is InChI=1S/C35H38N4O6/c1-6-43-30(40)22-36-33(41)31-32(44-23-26-13-9-7-10-14-26)24(2)37-29(38-31)21-25-17-19-28(20-18-25)39(27-15-11-8-12-16-27)34(42)45-35(3,4)5/h7-20H,6,21-23H2,1-5H3,(H,36,41). The summed E-state index contributed by atoms with van der Waals surface area (Å²) >= 11 is 0. The summed E-state index contributed by atoms with van der Waals surface area (Å²) in [6.07, 6.45) is -0.194. The number of hydrogen-bond donors (Lipinski definition) is 1. The molecule has 1 heterocycles. The van der Waals surface area contributed by atoms with E-state index in [1.807, 2.05) is 106 Å². The Balaban J connectivity index is 1.59. The molecule has 45 heavy (non-hydrogen) atoms. The molecule has 0 bridgehead atoms. The van der Waals surface area contributed by atoms with Crippen molar-refractivity contribution in [3.05, 3.63) is 113 Å². The highest BCUT2D eigenvalue weighted by Gasteiger charge is 2.25. The lowest BCUT2D eigenvalue weighted by Gasteiger charge is -2.27. The normalized spacial score (nSPS) is 11.0. The molecule has 0 aliphatic heterocycles. The Hall–Kier alpha value is -5.25. The topological polar surface area (TPSA) is 120 Å². The molecule has 10 nitrogen and oxygen atoms in total. The van der Waals surface area contributed by atoms with Crippen LogP contribution in [0.2, 0.25) is 0 Å². The molecule has 1 N–H and O–H groups in total. The number of carbonyl (C=O) groups is 3. The highest BCUT2D eigenvalue weighted by molar-refractivity contribution is 5.97. The van der Waals surface area contributed by atoms with Crippen molar-refractivity contribution in [2.24, 2.45) is 0 Å². The number of anilines is 2. The molecule has 0 aliphatic carbocycles. The van der Waals surface area contributed by atoms with Crippen LogP contribution in [-0.2, 0) is 27.3 Å². The lowest BCUT2D eigenvalue weighted by atomic mass is 10.1. The molecule has 0 aliphatic rings. The van der Waals surface area contributed by atoms with Crippen molar-refractivity contribution >= 4 is 29.3 Å². The summed E-state index contributed by atoms with van der Waals surface area (Å²) in [6, 6.07) is 26.2. The van der Waals surface area contributed by atoms with E-state index in [0.717, 1.165) is 11.1 Å². The minimum absolute atomic E-state index is 0.0227. The van der Waals surface area contributed by atoms with Crippen LogP contribution in [0.3, 0.4) is 0 Å². The number of rotatable bonds is 11. The zero-order valence-electron chi connectivity index (χ0n) is 26.2. The third-order valence-corrected chi connectivity index (χ3v) is 6.37. The molecule has 0 unspecified atom stereocenters. The molecule has 0 saturated carbocycles. The second-order valence-electron chi connectivity index (χ2n) is 11.2. The number of carbonyl (C=O) groups excluding carboxylic acids is 3. The second-order valence-corrected chi connectivity index (χ2v) is 11.2. The summed E-state index contributed by atoms with van der Waals surface area (Å²) in [4.78, 5) is 49.0. The van der Waals surface area contributed by atoms with E-state index in [-0.39, 0.29) is 31.2 Å². The zero-order chi connectivity index (χ0) is 32.4. The first-order valence-electron chi connectivity index (χ1n) is 14.7. The second kappa shape index (κ2) is 15.0. The average Bonchev–Trinajstić information content (AvgIpc) is 3.00. The highest BCUT2D eigenvalue weighted by atomic mass is 16.6. The molecule has 0 saturated heterocycles. The Morgan fingerprint density at radius 3 is 2.07 bits per heavy atom. The van der Waals surface area contributed by atoms with Crippen molar-refractivity contribution in [3.8, 4) is 5.75 Å². The third-order valence-electron chi connectivity index (χ3n) is 6.37. The lowest BCUT2D eigenvalue weighted by molar-refractivity contribution is -0.141. The predicted octanol–water partition coefficient (Wildman–Crippen LogP) is 6.32. The first-order valence-corrected chi connectivity index (χ1v) is 14.7. The fourth-order valence-electron chi connectivity index (χ4n) is 4.39. The van der Waals surface area contributed by atoms with Crippen LogP contribution < -0.4 is 15.0 Å². The van der Waals surface area contributed by atoms with Gasteiger partial charge in [-0.3, -0.25) is 9.59 Å². The van der Waals surface area contributed by atoms with Gasteiger partial charge in [0.05, 0.1) is 23.7 Å². The number of nitrogens with one attached hydrogen (secondary N) is 1. The van der Waals surface area contributed by atoms with E-state index in [4.69, 9.17) is 14.2 Å². The predicted molar refractivity (Wildman–Crippen MR) is 171 cm³/mol. The van der Waals surface area contributed by atoms with Crippen LogP contribution in [0.4, 0.5) is 16.2 Å². The molecule has 4 aromatic rings. The van der Waals surface area contributed by atoms with Gasteiger partial charge in [-0.25, -0.2) is 19.7 Å². The number of ether oxygens (including phenoxy) is 3. The number of para-hydroxylation sites is 1. The fourth-order valence-corrected chi connectivity index (χ4v) is 4.39. The summed E-state index contributed by atoms with van der Waals surface area (Å²) in [5.41, 5.74) is 2.89. The van der Waals surface area contributed by atoms with Crippen LogP contribution in [0.1, 0.15) is 60.8 Å². The Bertz CT molecular complexity index is 1600. The van der Waals surface area contributed by atoms with E-state index >= 15 is 0 Å². The summed E-state index contributed by atoms with van der Waals surface area (Å²) < 4.78 is 16.6. The Labute approximate surface area is 263 Å². The van der Waals surface area contributed by atoms with Gasteiger partial charge < -0.3 is 19.5 Å². The SMILES string of the molecule is CCOC(=O)CNC(=O)c1nc(Cc2ccc(N(C(=O)OC(C)(C)C)c3ccccc3)cc2)nc(C)c1OCc1ccccc1. The van der Waals surface area contributed by atoms with E-state index in [0.29, 0.717) is 29.3 Å². The number of aryl methyl sites for hydroxylation is 1. The summed E-state index contributed by atoms with van der Waals surface area (Å²) in [6.45, 7) is 9.01. The molecular formula is C35H38N4O6. The number of amides is 2. The van der Waals surface area contributed by atoms with Crippen molar-refractivity contribution in [2.45, 2.75) is 53.2 Å². The number of benzene rings is 3. The van der Waals surface area contributed by atoms with Gasteiger partial charge in [0.15, 0.2) is 11.4 Å². The van der Waals surface area contributed by atoms with Gasteiger partial charge >= 0.3 is 12.1 Å². The van der Waals surface area contributed by atoms with Gasteiger partial charge in [0.25, 0.3) is 5.91 Å². The van der Waals surface area contributed by atoms with Gasteiger partial charge in [-0.15, -0.1) is 0 Å². The number of esters is 1. The average molecular weight is 611 g/mol. The van der Waals surface area contributed by atoms with Crippen molar-refractivity contribution in [3.63, 3.8) is 0 Å². The molecular weight excluding hydrogens is 572 g/mol. The van der Waals surface area contributed by atoms with Crippen LogP contribution in [0.15, 0.2) is 84.9 Å². The zero-order valence-corrected chi connectivity index (χ0v) is 26.2. The first kappa shape index (κ1) is 32.7. The van der Waals surface area contributed by atoms with E-state index in [1.165, 1.54) is 4.90 Å². The summed E-state index contributed by atoms with van der Waals surface area (Å²) in [7, 11) is 0. The van der Waals surface area contributed by atoms with Gasteiger partial charge in [0.1, 0.15) is 24.6 Å². The smallest absolute Gasteiger partial charge is 0.419 e. The van der Waals surface area contributed by atoms with Crippen molar-refractivity contribution < 1.29 is 28.6 Å². The van der Waals surface area contributed by atoms with Crippen molar-refractivity contribution in [1.29, 1.82) is 0 Å². The highest BCUT2D eigenvalue weighted by Crippen LogP contribution is 2.29.